The fraction of sp³-hybridized carbons (Fsp3) is 0.308. The number of aliphatic hydroxyl groups excluding tert-OH is 1. The van der Waals surface area contributed by atoms with Gasteiger partial charge in [-0.15, -0.1) is 0 Å². The second kappa shape index (κ2) is 10.8. The van der Waals surface area contributed by atoms with Gasteiger partial charge in [-0.3, -0.25) is 0 Å². The lowest BCUT2D eigenvalue weighted by atomic mass is 10.0. The van der Waals surface area contributed by atoms with Crippen LogP contribution in [0, 0.1) is 0 Å². The summed E-state index contributed by atoms with van der Waals surface area (Å²) < 4.78 is 33.5. The Morgan fingerprint density at radius 1 is 0.606 bits per heavy atom. The maximum Gasteiger partial charge on any atom is 0.203 e. The summed E-state index contributed by atoms with van der Waals surface area (Å²) in [5.74, 6) is 2.73. The van der Waals surface area contributed by atoms with E-state index in [0.717, 1.165) is 11.1 Å². The Labute approximate surface area is 194 Å². The van der Waals surface area contributed by atoms with Crippen LogP contribution in [-0.2, 0) is 0 Å². The minimum Gasteiger partial charge on any atom is -0.493 e. The molecule has 0 aliphatic rings. The van der Waals surface area contributed by atoms with Crippen molar-refractivity contribution in [2.24, 2.45) is 0 Å². The lowest BCUT2D eigenvalue weighted by Gasteiger charge is -2.25. The van der Waals surface area contributed by atoms with E-state index in [1.54, 1.807) is 33.3 Å². The van der Waals surface area contributed by atoms with E-state index in [9.17, 15) is 5.11 Å². The number of rotatable bonds is 10. The van der Waals surface area contributed by atoms with E-state index in [4.69, 9.17) is 28.4 Å². The van der Waals surface area contributed by atoms with Crippen molar-refractivity contribution in [3.63, 3.8) is 0 Å². The fourth-order valence-corrected chi connectivity index (χ4v) is 3.59. The van der Waals surface area contributed by atoms with Gasteiger partial charge in [-0.1, -0.05) is 30.3 Å². The molecule has 0 spiro atoms. The molecule has 176 valence electrons. The third-order valence-corrected chi connectivity index (χ3v) is 5.34. The summed E-state index contributed by atoms with van der Waals surface area (Å²) in [5.41, 5.74) is 2.50. The predicted molar refractivity (Wildman–Crippen MR) is 126 cm³/mol. The molecule has 3 aromatic rings. The third-order valence-electron chi connectivity index (χ3n) is 5.34. The highest BCUT2D eigenvalue weighted by Gasteiger charge is 2.25. The van der Waals surface area contributed by atoms with Gasteiger partial charge in [0.1, 0.15) is 12.2 Å². The first-order valence-corrected chi connectivity index (χ1v) is 10.4. The second-order valence-corrected chi connectivity index (χ2v) is 7.30. The number of ether oxygens (including phenoxy) is 6. The molecule has 0 saturated heterocycles. The van der Waals surface area contributed by atoms with Crippen molar-refractivity contribution >= 4 is 0 Å². The van der Waals surface area contributed by atoms with Crippen molar-refractivity contribution < 1.29 is 33.5 Å². The van der Waals surface area contributed by atoms with Crippen LogP contribution in [0.3, 0.4) is 0 Å². The number of hydrogen-bond donors (Lipinski definition) is 1. The summed E-state index contributed by atoms with van der Waals surface area (Å²) in [6.45, 7) is 1.76. The molecule has 0 amide bonds. The van der Waals surface area contributed by atoms with E-state index >= 15 is 0 Å². The van der Waals surface area contributed by atoms with E-state index in [1.807, 2.05) is 42.5 Å². The first-order chi connectivity index (χ1) is 16.0. The normalized spacial score (nSPS) is 12.5. The minimum absolute atomic E-state index is 0.402. The molecular formula is C26H30O7. The monoisotopic (exact) mass is 454 g/mol. The lowest BCUT2D eigenvalue weighted by molar-refractivity contribution is 0.0431. The molecule has 0 aromatic heterocycles. The first-order valence-electron chi connectivity index (χ1n) is 10.4. The Morgan fingerprint density at radius 2 is 1.09 bits per heavy atom. The molecule has 0 saturated carbocycles. The molecule has 3 rings (SSSR count). The Bertz CT molecular complexity index is 1020. The molecular weight excluding hydrogens is 424 g/mol. The Morgan fingerprint density at radius 3 is 1.55 bits per heavy atom. The number of methoxy groups -OCH3 is 5. The van der Waals surface area contributed by atoms with E-state index < -0.39 is 12.2 Å². The maximum atomic E-state index is 11.1. The number of aliphatic hydroxyl groups is 1. The van der Waals surface area contributed by atoms with E-state index in [0.29, 0.717) is 40.1 Å². The molecule has 7 heteroatoms. The highest BCUT2D eigenvalue weighted by Crippen LogP contribution is 2.44. The third kappa shape index (κ3) is 5.09. The zero-order valence-electron chi connectivity index (χ0n) is 19.7. The standard InChI is InChI=1S/C26H30O7/c1-16(24(27)19-14-20(28-2)25(32-6)21(15-19)29-3)33-26-22(30-4)12-18(13-23(26)31-5)17-10-8-7-9-11-17/h7-16,24,27H,1-6H3/t16?,24-/m0/s1. The first kappa shape index (κ1) is 24.1. The average Bonchev–Trinajstić information content (AvgIpc) is 2.87. The van der Waals surface area contributed by atoms with Gasteiger partial charge in [0.2, 0.25) is 11.5 Å². The lowest BCUT2D eigenvalue weighted by Crippen LogP contribution is -2.22. The highest BCUT2D eigenvalue weighted by molar-refractivity contribution is 5.71. The number of benzene rings is 3. The molecule has 7 nitrogen and oxygen atoms in total. The van der Waals surface area contributed by atoms with Gasteiger partial charge in [-0.2, -0.15) is 0 Å². The van der Waals surface area contributed by atoms with Gasteiger partial charge >= 0.3 is 0 Å². The summed E-state index contributed by atoms with van der Waals surface area (Å²) in [4.78, 5) is 0. The molecule has 33 heavy (non-hydrogen) atoms. The molecule has 1 unspecified atom stereocenters. The van der Waals surface area contributed by atoms with Crippen molar-refractivity contribution in [2.75, 3.05) is 35.5 Å². The minimum atomic E-state index is -0.998. The smallest absolute Gasteiger partial charge is 0.203 e. The van der Waals surface area contributed by atoms with Crippen LogP contribution in [0.4, 0.5) is 0 Å². The van der Waals surface area contributed by atoms with Crippen LogP contribution in [-0.4, -0.2) is 46.8 Å². The zero-order chi connectivity index (χ0) is 24.0. The van der Waals surface area contributed by atoms with Crippen LogP contribution < -0.4 is 28.4 Å². The molecule has 1 N–H and O–H groups in total. The molecule has 0 fully saturated rings. The summed E-state index contributed by atoms with van der Waals surface area (Å²) >= 11 is 0. The summed E-state index contributed by atoms with van der Waals surface area (Å²) in [5, 5.41) is 11.1. The maximum absolute atomic E-state index is 11.1. The van der Waals surface area contributed by atoms with Gasteiger partial charge in [-0.05, 0) is 47.9 Å². The van der Waals surface area contributed by atoms with Gasteiger partial charge in [0.25, 0.3) is 0 Å². The average molecular weight is 455 g/mol. The highest BCUT2D eigenvalue weighted by atomic mass is 16.6. The van der Waals surface area contributed by atoms with Crippen LogP contribution >= 0.6 is 0 Å². The van der Waals surface area contributed by atoms with E-state index in [2.05, 4.69) is 0 Å². The Kier molecular flexibility index (Phi) is 7.90. The Hall–Kier alpha value is -3.58. The molecule has 0 radical (unpaired) electrons. The zero-order valence-corrected chi connectivity index (χ0v) is 19.7. The molecule has 0 bridgehead atoms. The largest absolute Gasteiger partial charge is 0.493 e. The topological polar surface area (TPSA) is 75.6 Å². The molecule has 0 aliphatic heterocycles. The van der Waals surface area contributed by atoms with Gasteiger partial charge in [0.05, 0.1) is 35.5 Å². The van der Waals surface area contributed by atoms with Crippen LogP contribution in [0.1, 0.15) is 18.6 Å². The van der Waals surface area contributed by atoms with Crippen LogP contribution in [0.25, 0.3) is 11.1 Å². The quantitative estimate of drug-likeness (QED) is 0.467. The fourth-order valence-electron chi connectivity index (χ4n) is 3.59. The van der Waals surface area contributed by atoms with E-state index in [1.165, 1.54) is 21.3 Å². The molecule has 0 aliphatic carbocycles. The van der Waals surface area contributed by atoms with Crippen molar-refractivity contribution in [2.45, 2.75) is 19.1 Å². The SMILES string of the molecule is COc1cc([C@@H](O)C(C)Oc2c(OC)cc(-c3ccccc3)cc2OC)cc(OC)c1OC. The second-order valence-electron chi connectivity index (χ2n) is 7.30. The van der Waals surface area contributed by atoms with Crippen molar-refractivity contribution in [1.82, 2.24) is 0 Å². The molecule has 3 aromatic carbocycles. The van der Waals surface area contributed by atoms with Gasteiger partial charge in [0.15, 0.2) is 23.0 Å². The van der Waals surface area contributed by atoms with E-state index in [-0.39, 0.29) is 0 Å². The number of hydrogen-bond acceptors (Lipinski definition) is 7. The Balaban J connectivity index is 1.94. The summed E-state index contributed by atoms with van der Waals surface area (Å²) in [7, 11) is 7.71. The summed E-state index contributed by atoms with van der Waals surface area (Å²) in [6, 6.07) is 17.1. The van der Waals surface area contributed by atoms with Gasteiger partial charge in [-0.25, -0.2) is 0 Å². The summed E-state index contributed by atoms with van der Waals surface area (Å²) in [6.07, 6.45) is -1.65. The molecule has 2 atom stereocenters. The van der Waals surface area contributed by atoms with Crippen molar-refractivity contribution in [3.8, 4) is 45.6 Å². The predicted octanol–water partition coefficient (Wildman–Crippen LogP) is 4.90. The van der Waals surface area contributed by atoms with Crippen LogP contribution in [0.2, 0.25) is 0 Å². The van der Waals surface area contributed by atoms with Gasteiger partial charge in [0, 0.05) is 0 Å². The molecule has 0 heterocycles. The van der Waals surface area contributed by atoms with Crippen molar-refractivity contribution in [3.05, 3.63) is 60.2 Å². The van der Waals surface area contributed by atoms with Gasteiger partial charge < -0.3 is 33.5 Å². The van der Waals surface area contributed by atoms with Crippen LogP contribution in [0.15, 0.2) is 54.6 Å². The van der Waals surface area contributed by atoms with Crippen molar-refractivity contribution in [1.29, 1.82) is 0 Å². The van der Waals surface area contributed by atoms with Crippen LogP contribution in [0.5, 0.6) is 34.5 Å².